The van der Waals surface area contributed by atoms with Crippen LogP contribution in [0.15, 0.2) is 25.0 Å². The highest BCUT2D eigenvalue weighted by Gasteiger charge is 2.18. The van der Waals surface area contributed by atoms with E-state index in [1.165, 1.54) is 6.08 Å². The summed E-state index contributed by atoms with van der Waals surface area (Å²) in [7, 11) is 0. The minimum atomic E-state index is -0.493. The number of aryl methyl sites for hydroxylation is 1. The average Bonchev–Trinajstić information content (AvgIpc) is 3.04. The molecule has 0 aliphatic rings. The Labute approximate surface area is 116 Å². The molecular weight excluding hydrogens is 258 g/mol. The lowest BCUT2D eigenvalue weighted by molar-refractivity contribution is 0.0542. The first kappa shape index (κ1) is 14.0. The first-order valence-electron chi connectivity index (χ1n) is 6.35. The summed E-state index contributed by atoms with van der Waals surface area (Å²) < 4.78 is 8.61. The predicted octanol–water partition coefficient (Wildman–Crippen LogP) is 1.19. The third kappa shape index (κ3) is 2.76. The van der Waals surface area contributed by atoms with E-state index in [0.29, 0.717) is 12.2 Å². The Morgan fingerprint density at radius 2 is 2.35 bits per heavy atom. The summed E-state index contributed by atoms with van der Waals surface area (Å²) >= 11 is 0. The monoisotopic (exact) mass is 275 g/mol. The van der Waals surface area contributed by atoms with Crippen LogP contribution in [-0.4, -0.2) is 37.1 Å². The second-order valence-electron chi connectivity index (χ2n) is 4.20. The van der Waals surface area contributed by atoms with E-state index in [1.54, 1.807) is 17.8 Å². The fourth-order valence-electron chi connectivity index (χ4n) is 1.82. The van der Waals surface area contributed by atoms with Gasteiger partial charge in [-0.1, -0.05) is 17.9 Å². The Balaban J connectivity index is 2.16. The van der Waals surface area contributed by atoms with Crippen molar-refractivity contribution in [1.29, 1.82) is 0 Å². The Bertz CT molecular complexity index is 614. The number of aromatic nitrogens is 5. The molecule has 2 aromatic rings. The second-order valence-corrected chi connectivity index (χ2v) is 4.20. The molecule has 0 aromatic carbocycles. The van der Waals surface area contributed by atoms with Crippen LogP contribution in [0.2, 0.25) is 0 Å². The summed E-state index contributed by atoms with van der Waals surface area (Å²) in [5.74, 6) is 0.374. The Morgan fingerprint density at radius 3 is 3.05 bits per heavy atom. The van der Waals surface area contributed by atoms with Gasteiger partial charge in [0.25, 0.3) is 0 Å². The maximum Gasteiger partial charge on any atom is 0.361 e. The van der Waals surface area contributed by atoms with Crippen LogP contribution >= 0.6 is 0 Å². The molecule has 0 saturated heterocycles. The van der Waals surface area contributed by atoms with E-state index in [-0.39, 0.29) is 12.3 Å². The molecule has 0 N–H and O–H groups in total. The van der Waals surface area contributed by atoms with Crippen LogP contribution in [0.3, 0.4) is 0 Å². The molecule has 0 aliphatic heterocycles. The minimum absolute atomic E-state index is 0.158. The summed E-state index contributed by atoms with van der Waals surface area (Å²) in [4.78, 5) is 16.0. The minimum Gasteiger partial charge on any atom is -0.457 e. The fourth-order valence-corrected chi connectivity index (χ4v) is 1.82. The summed E-state index contributed by atoms with van der Waals surface area (Å²) in [6, 6.07) is 0. The van der Waals surface area contributed by atoms with Gasteiger partial charge in [0, 0.05) is 18.9 Å². The average molecular weight is 275 g/mol. The van der Waals surface area contributed by atoms with E-state index >= 15 is 0 Å². The van der Waals surface area contributed by atoms with Crippen molar-refractivity contribution in [2.45, 2.75) is 26.9 Å². The van der Waals surface area contributed by atoms with Gasteiger partial charge in [0.05, 0.1) is 5.69 Å². The van der Waals surface area contributed by atoms with Crippen molar-refractivity contribution in [3.05, 3.63) is 42.3 Å². The van der Waals surface area contributed by atoms with Crippen molar-refractivity contribution >= 4 is 5.97 Å². The zero-order chi connectivity index (χ0) is 14.5. The van der Waals surface area contributed by atoms with Crippen LogP contribution in [0.5, 0.6) is 0 Å². The molecule has 0 radical (unpaired) electrons. The number of hydrogen-bond acceptors (Lipinski definition) is 5. The maximum atomic E-state index is 11.8. The van der Waals surface area contributed by atoms with Gasteiger partial charge in [0.15, 0.2) is 5.69 Å². The largest absolute Gasteiger partial charge is 0.457 e. The first-order valence-corrected chi connectivity index (χ1v) is 6.35. The number of rotatable bonds is 6. The number of carbonyl (C=O) groups excluding carboxylic acids is 1. The molecule has 2 aromatic heterocycles. The van der Waals surface area contributed by atoms with Gasteiger partial charge in [-0.3, -0.25) is 0 Å². The molecule has 2 rings (SSSR count). The summed E-state index contributed by atoms with van der Waals surface area (Å²) in [6.07, 6.45) is 5.15. The van der Waals surface area contributed by atoms with Crippen molar-refractivity contribution in [1.82, 2.24) is 24.5 Å². The molecule has 0 unspecified atom stereocenters. The number of hydrogen-bond donors (Lipinski definition) is 0. The van der Waals surface area contributed by atoms with E-state index in [1.807, 2.05) is 17.7 Å². The van der Waals surface area contributed by atoms with Crippen LogP contribution in [-0.2, 0) is 17.8 Å². The normalized spacial score (nSPS) is 10.5. The lowest BCUT2D eigenvalue weighted by atomic mass is 10.3. The third-order valence-electron chi connectivity index (χ3n) is 2.94. The number of nitrogens with zero attached hydrogens (tertiary/aromatic N) is 5. The van der Waals surface area contributed by atoms with E-state index in [0.717, 1.165) is 12.4 Å². The van der Waals surface area contributed by atoms with Crippen LogP contribution in [0.1, 0.15) is 28.9 Å². The maximum absolute atomic E-state index is 11.8. The molecule has 20 heavy (non-hydrogen) atoms. The highest BCUT2D eigenvalue weighted by molar-refractivity contribution is 5.88. The van der Waals surface area contributed by atoms with Crippen LogP contribution in [0.25, 0.3) is 0 Å². The van der Waals surface area contributed by atoms with E-state index in [2.05, 4.69) is 21.9 Å². The highest BCUT2D eigenvalue weighted by atomic mass is 16.5. The molecular formula is C13H17N5O2. The van der Waals surface area contributed by atoms with Gasteiger partial charge < -0.3 is 9.30 Å². The highest BCUT2D eigenvalue weighted by Crippen LogP contribution is 2.08. The Morgan fingerprint density at radius 1 is 1.55 bits per heavy atom. The van der Waals surface area contributed by atoms with Gasteiger partial charge in [0.1, 0.15) is 19.0 Å². The van der Waals surface area contributed by atoms with E-state index in [4.69, 9.17) is 4.74 Å². The lowest BCUT2D eigenvalue weighted by Gasteiger charge is -2.06. The molecule has 0 atom stereocenters. The number of imidazole rings is 1. The van der Waals surface area contributed by atoms with Gasteiger partial charge in [-0.2, -0.15) is 0 Å². The fraction of sp³-hybridized carbons (Fsp3) is 0.385. The van der Waals surface area contributed by atoms with Crippen molar-refractivity contribution in [3.8, 4) is 0 Å². The molecule has 2 heterocycles. The van der Waals surface area contributed by atoms with Crippen LogP contribution < -0.4 is 0 Å². The summed E-state index contributed by atoms with van der Waals surface area (Å²) in [5.41, 5.74) is 0.881. The van der Waals surface area contributed by atoms with Crippen LogP contribution in [0.4, 0.5) is 0 Å². The topological polar surface area (TPSA) is 74.8 Å². The van der Waals surface area contributed by atoms with Crippen molar-refractivity contribution in [3.63, 3.8) is 0 Å². The zero-order valence-electron chi connectivity index (χ0n) is 11.6. The van der Waals surface area contributed by atoms with Crippen molar-refractivity contribution in [2.75, 3.05) is 6.61 Å². The molecule has 0 aliphatic carbocycles. The lowest BCUT2D eigenvalue weighted by Crippen LogP contribution is -2.11. The van der Waals surface area contributed by atoms with Gasteiger partial charge >= 0.3 is 5.97 Å². The van der Waals surface area contributed by atoms with Gasteiger partial charge in [-0.25, -0.2) is 14.5 Å². The number of ether oxygens (including phenoxy) is 1. The Kier molecular flexibility index (Phi) is 4.29. The van der Waals surface area contributed by atoms with E-state index in [9.17, 15) is 4.79 Å². The van der Waals surface area contributed by atoms with Gasteiger partial charge in [-0.05, 0) is 13.8 Å². The molecule has 106 valence electrons. The molecule has 0 saturated carbocycles. The third-order valence-corrected chi connectivity index (χ3v) is 2.94. The first-order chi connectivity index (χ1) is 9.67. The van der Waals surface area contributed by atoms with Gasteiger partial charge in [0.2, 0.25) is 0 Å². The second kappa shape index (κ2) is 6.14. The smallest absolute Gasteiger partial charge is 0.361 e. The quantitative estimate of drug-likeness (QED) is 0.585. The molecule has 7 heteroatoms. The zero-order valence-corrected chi connectivity index (χ0v) is 11.6. The molecule has 0 spiro atoms. The number of carbonyl (C=O) groups is 1. The Hall–Kier alpha value is -2.44. The molecule has 0 bridgehead atoms. The summed E-state index contributed by atoms with van der Waals surface area (Å²) in [5, 5.41) is 7.85. The number of esters is 1. The van der Waals surface area contributed by atoms with Crippen molar-refractivity contribution < 1.29 is 9.53 Å². The standard InChI is InChI=1S/C13H17N5O2/c1-4-8-20-13(19)12-10(3)18(16-15-12)9-11-14-6-7-17(11)5-2/h4,6-7H,1,5,8-9H2,2-3H3. The van der Waals surface area contributed by atoms with Crippen LogP contribution in [0, 0.1) is 6.92 Å². The molecule has 7 nitrogen and oxygen atoms in total. The van der Waals surface area contributed by atoms with E-state index < -0.39 is 5.97 Å². The van der Waals surface area contributed by atoms with Gasteiger partial charge in [-0.15, -0.1) is 5.10 Å². The summed E-state index contributed by atoms with van der Waals surface area (Å²) in [6.45, 7) is 8.77. The molecule has 0 fully saturated rings. The molecule has 0 amide bonds. The van der Waals surface area contributed by atoms with Crippen molar-refractivity contribution in [2.24, 2.45) is 0 Å². The predicted molar refractivity (Wildman–Crippen MR) is 72.2 cm³/mol. The SMILES string of the molecule is C=CCOC(=O)c1nnn(Cc2nccn2CC)c1C.